The number of hydrogen-bond acceptors (Lipinski definition) is 3. The molecule has 1 aromatic carbocycles. The Bertz CT molecular complexity index is 370. The summed E-state index contributed by atoms with van der Waals surface area (Å²) in [4.78, 5) is 0. The van der Waals surface area contributed by atoms with Crippen molar-refractivity contribution in [1.82, 2.24) is 0 Å². The molecule has 0 amide bonds. The van der Waals surface area contributed by atoms with Gasteiger partial charge in [0.2, 0.25) is 0 Å². The van der Waals surface area contributed by atoms with E-state index in [2.05, 4.69) is 31.2 Å². The third-order valence-corrected chi connectivity index (χ3v) is 5.24. The fourth-order valence-corrected chi connectivity index (χ4v) is 3.89. The summed E-state index contributed by atoms with van der Waals surface area (Å²) < 4.78 is 17.3. The summed E-state index contributed by atoms with van der Waals surface area (Å²) in [5.74, 6) is 0. The Morgan fingerprint density at radius 2 is 1.37 bits per heavy atom. The Hall–Kier alpha value is -0.943. The lowest BCUT2D eigenvalue weighted by Gasteiger charge is -2.25. The molecule has 0 N–H and O–H groups in total. The van der Waals surface area contributed by atoms with E-state index in [0.29, 0.717) is 19.8 Å². The lowest BCUT2D eigenvalue weighted by Crippen LogP contribution is -2.44. The predicted molar refractivity (Wildman–Crippen MR) is 80.8 cm³/mol. The van der Waals surface area contributed by atoms with Gasteiger partial charge in [0.1, 0.15) is 0 Å². The molecule has 0 aliphatic rings. The number of aryl methyl sites for hydroxylation is 1. The van der Waals surface area contributed by atoms with Gasteiger partial charge in [-0.25, -0.2) is 0 Å². The van der Waals surface area contributed by atoms with Gasteiger partial charge in [0.25, 0.3) is 0 Å². The van der Waals surface area contributed by atoms with E-state index in [4.69, 9.17) is 13.3 Å². The summed E-state index contributed by atoms with van der Waals surface area (Å²) in [5.41, 5.74) is 4.34. The summed E-state index contributed by atoms with van der Waals surface area (Å²) in [6, 6.07) is 8.33. The fraction of sp³-hybridized carbons (Fsp3) is 0.467. The maximum absolute atomic E-state index is 5.76. The van der Waals surface area contributed by atoms with E-state index in [1.54, 1.807) is 0 Å². The molecule has 0 bridgehead atoms. The van der Waals surface area contributed by atoms with Gasteiger partial charge in [-0.05, 0) is 39.0 Å². The first kappa shape index (κ1) is 16.1. The van der Waals surface area contributed by atoms with Crippen molar-refractivity contribution in [2.24, 2.45) is 0 Å². The van der Waals surface area contributed by atoms with Crippen LogP contribution in [0.1, 0.15) is 31.9 Å². The number of hydrogen-bond donors (Lipinski definition) is 0. The molecule has 3 nitrogen and oxygen atoms in total. The van der Waals surface area contributed by atoms with E-state index < -0.39 is 8.80 Å². The second-order valence-corrected chi connectivity index (χ2v) is 6.55. The highest BCUT2D eigenvalue weighted by Crippen LogP contribution is 2.15. The minimum absolute atomic E-state index is 0.588. The molecule has 0 saturated heterocycles. The normalized spacial score (nSPS) is 12.2. The molecular formula is C15H24O3Si. The molecule has 0 fully saturated rings. The highest BCUT2D eigenvalue weighted by Gasteiger charge is 2.37. The van der Waals surface area contributed by atoms with Crippen LogP contribution in [0.3, 0.4) is 0 Å². The van der Waals surface area contributed by atoms with Crippen LogP contribution in [0.5, 0.6) is 0 Å². The Labute approximate surface area is 117 Å². The molecule has 0 heterocycles. The summed E-state index contributed by atoms with van der Waals surface area (Å²) in [6.07, 6.45) is 2.02. The van der Waals surface area contributed by atoms with Crippen LogP contribution in [0.25, 0.3) is 6.08 Å². The van der Waals surface area contributed by atoms with Gasteiger partial charge in [-0.2, -0.15) is 0 Å². The minimum Gasteiger partial charge on any atom is -0.371 e. The molecule has 1 rings (SSSR count). The first-order valence-corrected chi connectivity index (χ1v) is 8.63. The van der Waals surface area contributed by atoms with E-state index in [1.807, 2.05) is 32.5 Å². The Balaban J connectivity index is 2.87. The number of benzene rings is 1. The van der Waals surface area contributed by atoms with E-state index in [0.717, 1.165) is 5.56 Å². The molecule has 106 valence electrons. The third kappa shape index (κ3) is 5.28. The monoisotopic (exact) mass is 280 g/mol. The van der Waals surface area contributed by atoms with E-state index in [9.17, 15) is 0 Å². The van der Waals surface area contributed by atoms with Crippen molar-refractivity contribution in [3.63, 3.8) is 0 Å². The highest BCUT2D eigenvalue weighted by atomic mass is 28.4. The molecule has 19 heavy (non-hydrogen) atoms. The Morgan fingerprint density at radius 1 is 0.895 bits per heavy atom. The van der Waals surface area contributed by atoms with Crippen molar-refractivity contribution in [2.45, 2.75) is 27.7 Å². The molecule has 0 radical (unpaired) electrons. The van der Waals surface area contributed by atoms with E-state index in [-0.39, 0.29) is 0 Å². The van der Waals surface area contributed by atoms with E-state index in [1.165, 1.54) is 5.56 Å². The first-order chi connectivity index (χ1) is 9.15. The molecule has 0 atom stereocenters. The largest absolute Gasteiger partial charge is 0.529 e. The predicted octanol–water partition coefficient (Wildman–Crippen LogP) is 3.60. The lowest BCUT2D eigenvalue weighted by molar-refractivity contribution is 0.0845. The van der Waals surface area contributed by atoms with Crippen molar-refractivity contribution in [2.75, 3.05) is 19.8 Å². The van der Waals surface area contributed by atoms with Crippen LogP contribution < -0.4 is 0 Å². The third-order valence-electron chi connectivity index (χ3n) is 2.59. The zero-order valence-electron chi connectivity index (χ0n) is 12.3. The van der Waals surface area contributed by atoms with Gasteiger partial charge in [0, 0.05) is 19.8 Å². The van der Waals surface area contributed by atoms with Crippen LogP contribution in [0.4, 0.5) is 0 Å². The van der Waals surface area contributed by atoms with E-state index >= 15 is 0 Å². The van der Waals surface area contributed by atoms with Gasteiger partial charge in [-0.3, -0.25) is 0 Å². The second-order valence-electron chi connectivity index (χ2n) is 4.15. The Morgan fingerprint density at radius 3 is 1.79 bits per heavy atom. The average Bonchev–Trinajstić information content (AvgIpc) is 2.39. The van der Waals surface area contributed by atoms with Crippen LogP contribution in [-0.4, -0.2) is 28.6 Å². The van der Waals surface area contributed by atoms with Gasteiger partial charge in [0.05, 0.1) is 0 Å². The lowest BCUT2D eigenvalue weighted by atomic mass is 10.2. The quantitative estimate of drug-likeness (QED) is 0.681. The van der Waals surface area contributed by atoms with Crippen molar-refractivity contribution in [3.8, 4) is 0 Å². The van der Waals surface area contributed by atoms with Gasteiger partial charge < -0.3 is 13.3 Å². The van der Waals surface area contributed by atoms with Crippen LogP contribution in [0.15, 0.2) is 30.0 Å². The summed E-state index contributed by atoms with van der Waals surface area (Å²) in [7, 11) is -2.67. The molecule has 0 unspecified atom stereocenters. The Kier molecular flexibility index (Phi) is 7.01. The molecule has 0 aliphatic heterocycles. The smallest absolute Gasteiger partial charge is 0.371 e. The summed E-state index contributed by atoms with van der Waals surface area (Å²) in [6.45, 7) is 9.71. The zero-order chi connectivity index (χ0) is 14.1. The van der Waals surface area contributed by atoms with Crippen LogP contribution in [0.2, 0.25) is 0 Å². The molecule has 0 aromatic heterocycles. The average molecular weight is 280 g/mol. The van der Waals surface area contributed by atoms with Crippen LogP contribution >= 0.6 is 0 Å². The van der Waals surface area contributed by atoms with Crippen LogP contribution in [-0.2, 0) is 13.3 Å². The molecular weight excluding hydrogens is 256 g/mol. The minimum atomic E-state index is -2.67. The van der Waals surface area contributed by atoms with Crippen molar-refractivity contribution >= 4 is 14.9 Å². The molecule has 1 aromatic rings. The SMILES string of the molecule is CCO[Si](/C=C/c1ccc(C)cc1)(OCC)OCC. The van der Waals surface area contributed by atoms with Crippen molar-refractivity contribution < 1.29 is 13.3 Å². The van der Waals surface area contributed by atoms with Crippen molar-refractivity contribution in [3.05, 3.63) is 41.1 Å². The van der Waals surface area contributed by atoms with Crippen LogP contribution in [0, 0.1) is 6.92 Å². The molecule has 0 spiro atoms. The van der Waals surface area contributed by atoms with Gasteiger partial charge in [0.15, 0.2) is 0 Å². The first-order valence-electron chi connectivity index (χ1n) is 6.83. The zero-order valence-corrected chi connectivity index (χ0v) is 13.3. The molecule has 0 saturated carbocycles. The van der Waals surface area contributed by atoms with Gasteiger partial charge in [-0.15, -0.1) is 0 Å². The standard InChI is InChI=1S/C15H24O3Si/c1-5-16-19(17-6-2,18-7-3)13-12-15-10-8-14(4)9-11-15/h8-13H,5-7H2,1-4H3/b13-12+. The maximum atomic E-state index is 5.76. The topological polar surface area (TPSA) is 27.7 Å². The summed E-state index contributed by atoms with van der Waals surface area (Å²) >= 11 is 0. The van der Waals surface area contributed by atoms with Gasteiger partial charge >= 0.3 is 8.80 Å². The second kappa shape index (κ2) is 8.27. The molecule has 4 heteroatoms. The molecule has 0 aliphatic carbocycles. The van der Waals surface area contributed by atoms with Crippen molar-refractivity contribution in [1.29, 1.82) is 0 Å². The highest BCUT2D eigenvalue weighted by molar-refractivity contribution is 6.67. The summed E-state index contributed by atoms with van der Waals surface area (Å²) in [5, 5.41) is 0. The fourth-order valence-electron chi connectivity index (χ4n) is 1.75. The number of rotatable bonds is 8. The maximum Gasteiger partial charge on any atom is 0.529 e. The van der Waals surface area contributed by atoms with Gasteiger partial charge in [-0.1, -0.05) is 35.9 Å².